The average Bonchev–Trinajstić information content (AvgIpc) is 3.21. The summed E-state index contributed by atoms with van der Waals surface area (Å²) in [7, 11) is 0. The van der Waals surface area contributed by atoms with E-state index < -0.39 is 0 Å². The Morgan fingerprint density at radius 3 is 2.77 bits per heavy atom. The first-order chi connectivity index (χ1) is 12.7. The molecule has 3 nitrogen and oxygen atoms in total. The summed E-state index contributed by atoms with van der Waals surface area (Å²) in [5.41, 5.74) is 3.03. The zero-order chi connectivity index (χ0) is 18.1. The van der Waals surface area contributed by atoms with Crippen LogP contribution in [0.2, 0.25) is 0 Å². The molecule has 1 aromatic carbocycles. The van der Waals surface area contributed by atoms with Crippen molar-refractivity contribution in [3.05, 3.63) is 57.9 Å². The molecule has 0 N–H and O–H groups in total. The van der Waals surface area contributed by atoms with E-state index in [0.29, 0.717) is 6.61 Å². The minimum absolute atomic E-state index is 0.471. The molecule has 26 heavy (non-hydrogen) atoms. The van der Waals surface area contributed by atoms with E-state index in [1.807, 2.05) is 30.3 Å². The Morgan fingerprint density at radius 1 is 1.27 bits per heavy atom. The molecule has 0 saturated carbocycles. The Labute approximate surface area is 156 Å². The van der Waals surface area contributed by atoms with Crippen LogP contribution in [0.5, 0.6) is 5.75 Å². The molecule has 3 aromatic rings. The van der Waals surface area contributed by atoms with Crippen LogP contribution in [-0.2, 0) is 11.4 Å². The second-order valence-corrected chi connectivity index (χ2v) is 7.45. The Morgan fingerprint density at radius 2 is 2.04 bits per heavy atom. The van der Waals surface area contributed by atoms with Gasteiger partial charge in [-0.25, -0.2) is 0 Å². The number of aromatic nitrogens is 1. The number of allylic oxidation sites excluding steroid dienone is 1. The third kappa shape index (κ3) is 2.71. The largest absolute Gasteiger partial charge is 0.485 e. The maximum absolute atomic E-state index is 11.9. The molecule has 2 heterocycles. The van der Waals surface area contributed by atoms with Crippen molar-refractivity contribution in [1.82, 2.24) is 4.57 Å². The van der Waals surface area contributed by atoms with Gasteiger partial charge in [-0.3, -0.25) is 9.36 Å². The lowest BCUT2D eigenvalue weighted by Crippen LogP contribution is -2.30. The SMILES string of the molecule is C=C(CC)c1sc2c3c(n(C=O)c2c1OCc1ccccc1)=CCCC=3. The van der Waals surface area contributed by atoms with Crippen LogP contribution < -0.4 is 15.3 Å². The first-order valence-corrected chi connectivity index (χ1v) is 9.73. The molecular weight excluding hydrogens is 342 g/mol. The Hall–Kier alpha value is -2.59. The van der Waals surface area contributed by atoms with E-state index in [1.54, 1.807) is 15.9 Å². The van der Waals surface area contributed by atoms with Crippen LogP contribution in [0.15, 0.2) is 36.9 Å². The smallest absolute Gasteiger partial charge is 0.218 e. The van der Waals surface area contributed by atoms with Crippen molar-refractivity contribution in [1.29, 1.82) is 0 Å². The van der Waals surface area contributed by atoms with E-state index in [4.69, 9.17) is 4.74 Å². The van der Waals surface area contributed by atoms with Gasteiger partial charge in [-0.1, -0.05) is 56.0 Å². The van der Waals surface area contributed by atoms with E-state index in [-0.39, 0.29) is 0 Å². The summed E-state index contributed by atoms with van der Waals surface area (Å²) in [4.78, 5) is 12.9. The van der Waals surface area contributed by atoms with Crippen molar-refractivity contribution in [2.45, 2.75) is 32.8 Å². The molecular formula is C22H21NO2S. The standard InChI is InChI=1S/C22H21NO2S/c1-3-15(2)21-20(25-13-16-9-5-4-6-10-16)19-22(26-21)17-11-7-8-12-18(17)23(19)14-24/h4-6,9-12,14H,2-3,7-8,13H2,1H3. The Bertz CT molecular complexity index is 1100. The minimum Gasteiger partial charge on any atom is -0.485 e. The van der Waals surface area contributed by atoms with Gasteiger partial charge in [-0.05, 0) is 30.4 Å². The van der Waals surface area contributed by atoms with E-state index in [1.165, 1.54) is 0 Å². The van der Waals surface area contributed by atoms with Crippen molar-refractivity contribution in [2.24, 2.45) is 0 Å². The van der Waals surface area contributed by atoms with Crippen LogP contribution >= 0.6 is 11.3 Å². The number of ether oxygens (including phenoxy) is 1. The highest BCUT2D eigenvalue weighted by atomic mass is 32.1. The molecule has 132 valence electrons. The second-order valence-electron chi connectivity index (χ2n) is 6.43. The number of rotatable bonds is 6. The first kappa shape index (κ1) is 16.9. The van der Waals surface area contributed by atoms with Crippen LogP contribution in [0, 0.1) is 0 Å². The lowest BCUT2D eigenvalue weighted by molar-refractivity contribution is 0.309. The first-order valence-electron chi connectivity index (χ1n) is 8.91. The van der Waals surface area contributed by atoms with Gasteiger partial charge < -0.3 is 4.74 Å². The normalized spacial score (nSPS) is 13.0. The molecule has 0 unspecified atom stereocenters. The highest BCUT2D eigenvalue weighted by molar-refractivity contribution is 7.20. The second kappa shape index (κ2) is 6.96. The van der Waals surface area contributed by atoms with Gasteiger partial charge in [0.05, 0.1) is 14.9 Å². The predicted octanol–water partition coefficient (Wildman–Crippen LogP) is 4.10. The monoisotopic (exact) mass is 363 g/mol. The van der Waals surface area contributed by atoms with Crippen molar-refractivity contribution in [3.63, 3.8) is 0 Å². The van der Waals surface area contributed by atoms with E-state index in [2.05, 4.69) is 25.7 Å². The zero-order valence-corrected chi connectivity index (χ0v) is 15.6. The molecule has 0 radical (unpaired) electrons. The van der Waals surface area contributed by atoms with Crippen LogP contribution in [0.3, 0.4) is 0 Å². The van der Waals surface area contributed by atoms with Crippen molar-refractivity contribution < 1.29 is 9.53 Å². The highest BCUT2D eigenvalue weighted by Crippen LogP contribution is 2.41. The maximum atomic E-state index is 11.9. The molecule has 4 heteroatoms. The summed E-state index contributed by atoms with van der Waals surface area (Å²) < 4.78 is 9.12. The lowest BCUT2D eigenvalue weighted by atomic mass is 10.1. The maximum Gasteiger partial charge on any atom is 0.218 e. The summed E-state index contributed by atoms with van der Waals surface area (Å²) in [6.45, 7) is 6.78. The highest BCUT2D eigenvalue weighted by Gasteiger charge is 2.22. The predicted molar refractivity (Wildman–Crippen MR) is 109 cm³/mol. The molecule has 1 aliphatic carbocycles. The van der Waals surface area contributed by atoms with Crippen molar-refractivity contribution >= 4 is 45.7 Å². The van der Waals surface area contributed by atoms with E-state index in [0.717, 1.165) is 68.2 Å². The molecule has 0 atom stereocenters. The number of thiophene rings is 1. The number of benzene rings is 1. The quantitative estimate of drug-likeness (QED) is 0.618. The van der Waals surface area contributed by atoms with Crippen molar-refractivity contribution in [3.8, 4) is 5.75 Å². The van der Waals surface area contributed by atoms with Crippen molar-refractivity contribution in [2.75, 3.05) is 0 Å². The molecule has 0 bridgehead atoms. The molecule has 0 amide bonds. The fourth-order valence-electron chi connectivity index (χ4n) is 3.39. The molecule has 1 aliphatic rings. The summed E-state index contributed by atoms with van der Waals surface area (Å²) in [5.74, 6) is 0.781. The lowest BCUT2D eigenvalue weighted by Gasteiger charge is -2.10. The molecule has 4 rings (SSSR count). The summed E-state index contributed by atoms with van der Waals surface area (Å²) >= 11 is 1.69. The van der Waals surface area contributed by atoms with Gasteiger partial charge in [0.25, 0.3) is 0 Å². The van der Waals surface area contributed by atoms with E-state index in [9.17, 15) is 4.79 Å². The number of fused-ring (bicyclic) bond motifs is 3. The number of hydrogen-bond donors (Lipinski definition) is 0. The average molecular weight is 363 g/mol. The fraction of sp³-hybridized carbons (Fsp3) is 0.227. The number of hydrogen-bond acceptors (Lipinski definition) is 3. The van der Waals surface area contributed by atoms with Crippen LogP contribution in [0.4, 0.5) is 0 Å². The van der Waals surface area contributed by atoms with E-state index >= 15 is 0 Å². The minimum atomic E-state index is 0.471. The van der Waals surface area contributed by atoms with Gasteiger partial charge in [0.1, 0.15) is 12.1 Å². The van der Waals surface area contributed by atoms with Gasteiger partial charge in [-0.2, -0.15) is 0 Å². The molecule has 0 saturated heterocycles. The topological polar surface area (TPSA) is 31.2 Å². The third-order valence-electron chi connectivity index (χ3n) is 4.79. The molecule has 2 aromatic heterocycles. The Balaban J connectivity index is 1.92. The van der Waals surface area contributed by atoms with Crippen LogP contribution in [-0.4, -0.2) is 11.0 Å². The molecule has 0 spiro atoms. The van der Waals surface area contributed by atoms with Gasteiger partial charge in [0.2, 0.25) is 6.41 Å². The van der Waals surface area contributed by atoms with Gasteiger partial charge >= 0.3 is 0 Å². The summed E-state index contributed by atoms with van der Waals surface area (Å²) in [6.07, 6.45) is 8.10. The van der Waals surface area contributed by atoms with Crippen LogP contribution in [0.1, 0.15) is 36.6 Å². The van der Waals surface area contributed by atoms with Gasteiger partial charge in [-0.15, -0.1) is 11.3 Å². The number of nitrogens with zero attached hydrogens (tertiary/aromatic N) is 1. The summed E-state index contributed by atoms with van der Waals surface area (Å²) in [5, 5.41) is 2.15. The number of carbonyl (C=O) groups is 1. The summed E-state index contributed by atoms with van der Waals surface area (Å²) in [6, 6.07) is 10.1. The zero-order valence-electron chi connectivity index (χ0n) is 14.8. The number of carbonyl (C=O) groups excluding carboxylic acids is 1. The van der Waals surface area contributed by atoms with Gasteiger partial charge in [0, 0.05) is 5.22 Å². The van der Waals surface area contributed by atoms with Gasteiger partial charge in [0.15, 0.2) is 5.75 Å². The fourth-order valence-corrected chi connectivity index (χ4v) is 4.72. The molecule has 0 aliphatic heterocycles. The Kier molecular flexibility index (Phi) is 4.51. The third-order valence-corrected chi connectivity index (χ3v) is 6.09. The van der Waals surface area contributed by atoms with Crippen LogP contribution in [0.25, 0.3) is 27.9 Å². The molecule has 0 fully saturated rings.